The third-order valence-electron chi connectivity index (χ3n) is 6.22. The van der Waals surface area contributed by atoms with Gasteiger partial charge in [-0.3, -0.25) is 9.89 Å². The number of methoxy groups -OCH3 is 2. The van der Waals surface area contributed by atoms with Crippen LogP contribution in [0.5, 0.6) is 11.5 Å². The van der Waals surface area contributed by atoms with E-state index in [1.165, 1.54) is 32.1 Å². The van der Waals surface area contributed by atoms with Crippen LogP contribution in [-0.2, 0) is 11.3 Å². The molecule has 0 atom stereocenters. The van der Waals surface area contributed by atoms with Gasteiger partial charge in [0.05, 0.1) is 27.4 Å². The lowest BCUT2D eigenvalue weighted by Gasteiger charge is -2.48. The lowest BCUT2D eigenvalue weighted by Crippen LogP contribution is -2.60. The quantitative estimate of drug-likeness (QED) is 0.537. The van der Waals surface area contributed by atoms with Crippen molar-refractivity contribution in [3.8, 4) is 11.5 Å². The molecule has 3 rings (SSSR count). The fraction of sp³-hybridized carbons (Fsp3) is 0.682. The average molecular weight is 405 g/mol. The van der Waals surface area contributed by atoms with Crippen LogP contribution in [0.2, 0.25) is 0 Å². The van der Waals surface area contributed by atoms with Crippen molar-refractivity contribution in [2.75, 3.05) is 54.1 Å². The number of ether oxygens (including phenoxy) is 3. The van der Waals surface area contributed by atoms with E-state index in [2.05, 4.69) is 20.5 Å². The molecule has 1 aliphatic heterocycles. The Balaban J connectivity index is 1.60. The van der Waals surface area contributed by atoms with Crippen LogP contribution in [0.25, 0.3) is 0 Å². The highest BCUT2D eigenvalue weighted by atomic mass is 16.5. The third kappa shape index (κ3) is 5.54. The van der Waals surface area contributed by atoms with E-state index in [0.717, 1.165) is 55.9 Å². The SMILES string of the molecule is CN=C(NCc1ccc(OC)cc1OC)NCC1(N2CCOCC2)CCCCC1. The predicted molar refractivity (Wildman–Crippen MR) is 116 cm³/mol. The Morgan fingerprint density at radius 1 is 1.10 bits per heavy atom. The standard InChI is InChI=1S/C22H36N4O3/c1-23-21(24-16-18-7-8-19(27-2)15-20(18)28-3)25-17-22(9-5-4-6-10-22)26-11-13-29-14-12-26/h7-8,15H,4-6,9-14,16-17H2,1-3H3,(H2,23,24,25). The Morgan fingerprint density at radius 3 is 2.52 bits per heavy atom. The Bertz CT molecular complexity index is 668. The van der Waals surface area contributed by atoms with E-state index in [0.29, 0.717) is 6.54 Å². The molecule has 2 aliphatic rings. The number of morpholine rings is 1. The summed E-state index contributed by atoms with van der Waals surface area (Å²) in [5.41, 5.74) is 1.27. The predicted octanol–water partition coefficient (Wildman–Crippen LogP) is 2.40. The van der Waals surface area contributed by atoms with Crippen LogP contribution >= 0.6 is 0 Å². The number of nitrogens with zero attached hydrogens (tertiary/aromatic N) is 2. The normalized spacial score (nSPS) is 20.2. The molecule has 162 valence electrons. The molecule has 2 N–H and O–H groups in total. The maximum atomic E-state index is 5.59. The fourth-order valence-corrected chi connectivity index (χ4v) is 4.50. The molecule has 7 nitrogen and oxygen atoms in total. The van der Waals surface area contributed by atoms with Crippen molar-refractivity contribution in [2.45, 2.75) is 44.2 Å². The molecule has 1 heterocycles. The van der Waals surface area contributed by atoms with Crippen LogP contribution in [0.15, 0.2) is 23.2 Å². The van der Waals surface area contributed by atoms with E-state index in [1.54, 1.807) is 14.2 Å². The molecule has 2 fully saturated rings. The zero-order valence-corrected chi connectivity index (χ0v) is 18.1. The summed E-state index contributed by atoms with van der Waals surface area (Å²) in [6, 6.07) is 5.88. The number of hydrogen-bond donors (Lipinski definition) is 2. The molecule has 1 saturated heterocycles. The maximum absolute atomic E-state index is 5.59. The molecule has 0 unspecified atom stereocenters. The van der Waals surface area contributed by atoms with Crippen LogP contribution in [0.1, 0.15) is 37.7 Å². The van der Waals surface area contributed by atoms with Gasteiger partial charge in [0, 0.05) is 50.4 Å². The van der Waals surface area contributed by atoms with Crippen molar-refractivity contribution in [3.05, 3.63) is 23.8 Å². The number of nitrogens with one attached hydrogen (secondary N) is 2. The summed E-state index contributed by atoms with van der Waals surface area (Å²) in [6.45, 7) is 5.27. The van der Waals surface area contributed by atoms with E-state index in [9.17, 15) is 0 Å². The molecule has 0 amide bonds. The molecule has 1 aromatic carbocycles. The van der Waals surface area contributed by atoms with E-state index in [4.69, 9.17) is 14.2 Å². The van der Waals surface area contributed by atoms with Gasteiger partial charge in [0.1, 0.15) is 11.5 Å². The van der Waals surface area contributed by atoms with Gasteiger partial charge in [-0.05, 0) is 25.0 Å². The summed E-state index contributed by atoms with van der Waals surface area (Å²) in [5.74, 6) is 2.42. The van der Waals surface area contributed by atoms with Crippen LogP contribution in [-0.4, -0.2) is 70.5 Å². The van der Waals surface area contributed by atoms with Gasteiger partial charge < -0.3 is 24.8 Å². The summed E-state index contributed by atoms with van der Waals surface area (Å²) in [6.07, 6.45) is 6.42. The Labute approximate surface area is 174 Å². The summed E-state index contributed by atoms with van der Waals surface area (Å²) in [4.78, 5) is 7.08. The van der Waals surface area contributed by atoms with E-state index < -0.39 is 0 Å². The van der Waals surface area contributed by atoms with E-state index in [-0.39, 0.29) is 5.54 Å². The highest BCUT2D eigenvalue weighted by molar-refractivity contribution is 5.79. The van der Waals surface area contributed by atoms with Crippen LogP contribution in [0, 0.1) is 0 Å². The van der Waals surface area contributed by atoms with Crippen molar-refractivity contribution in [1.82, 2.24) is 15.5 Å². The molecule has 1 saturated carbocycles. The van der Waals surface area contributed by atoms with Crippen molar-refractivity contribution in [2.24, 2.45) is 4.99 Å². The first-order chi connectivity index (χ1) is 14.2. The fourth-order valence-electron chi connectivity index (χ4n) is 4.50. The second-order valence-corrected chi connectivity index (χ2v) is 7.84. The van der Waals surface area contributed by atoms with Crippen LogP contribution in [0.3, 0.4) is 0 Å². The van der Waals surface area contributed by atoms with Gasteiger partial charge in [-0.15, -0.1) is 0 Å². The maximum Gasteiger partial charge on any atom is 0.191 e. The Hall–Kier alpha value is -1.99. The Kier molecular flexibility index (Phi) is 8.00. The number of guanidine groups is 1. The second-order valence-electron chi connectivity index (χ2n) is 7.84. The van der Waals surface area contributed by atoms with E-state index in [1.807, 2.05) is 25.2 Å². The van der Waals surface area contributed by atoms with Crippen molar-refractivity contribution >= 4 is 5.96 Å². The summed E-state index contributed by atoms with van der Waals surface area (Å²) in [7, 11) is 5.16. The molecule has 1 aromatic rings. The van der Waals surface area contributed by atoms with Gasteiger partial charge in [0.2, 0.25) is 0 Å². The van der Waals surface area contributed by atoms with Crippen molar-refractivity contribution in [3.63, 3.8) is 0 Å². The summed E-state index contributed by atoms with van der Waals surface area (Å²) in [5, 5.41) is 7.03. The lowest BCUT2D eigenvalue weighted by atomic mass is 9.80. The van der Waals surface area contributed by atoms with Gasteiger partial charge in [-0.25, -0.2) is 0 Å². The van der Waals surface area contributed by atoms with Crippen molar-refractivity contribution in [1.29, 1.82) is 0 Å². The number of rotatable bonds is 7. The third-order valence-corrected chi connectivity index (χ3v) is 6.22. The highest BCUT2D eigenvalue weighted by Gasteiger charge is 2.38. The molecular formula is C22H36N4O3. The first-order valence-electron chi connectivity index (χ1n) is 10.7. The van der Waals surface area contributed by atoms with Crippen LogP contribution < -0.4 is 20.1 Å². The van der Waals surface area contributed by atoms with Gasteiger partial charge in [0.15, 0.2) is 5.96 Å². The minimum absolute atomic E-state index is 0.206. The number of aliphatic imine (C=N–C) groups is 1. The molecule has 0 spiro atoms. The first-order valence-corrected chi connectivity index (χ1v) is 10.7. The molecule has 7 heteroatoms. The zero-order chi connectivity index (χ0) is 20.5. The number of benzene rings is 1. The minimum Gasteiger partial charge on any atom is -0.497 e. The summed E-state index contributed by atoms with van der Waals surface area (Å²) < 4.78 is 16.4. The van der Waals surface area contributed by atoms with Gasteiger partial charge in [-0.2, -0.15) is 0 Å². The van der Waals surface area contributed by atoms with Gasteiger partial charge in [0.25, 0.3) is 0 Å². The van der Waals surface area contributed by atoms with Crippen molar-refractivity contribution < 1.29 is 14.2 Å². The Morgan fingerprint density at radius 2 is 1.86 bits per heavy atom. The van der Waals surface area contributed by atoms with E-state index >= 15 is 0 Å². The molecule has 0 radical (unpaired) electrons. The molecule has 0 bridgehead atoms. The molecule has 0 aromatic heterocycles. The molecular weight excluding hydrogens is 368 g/mol. The molecule has 29 heavy (non-hydrogen) atoms. The zero-order valence-electron chi connectivity index (χ0n) is 18.1. The van der Waals surface area contributed by atoms with Crippen LogP contribution in [0.4, 0.5) is 0 Å². The van der Waals surface area contributed by atoms with Gasteiger partial charge >= 0.3 is 0 Å². The monoisotopic (exact) mass is 404 g/mol. The van der Waals surface area contributed by atoms with Gasteiger partial charge in [-0.1, -0.05) is 19.3 Å². The largest absolute Gasteiger partial charge is 0.497 e. The topological polar surface area (TPSA) is 67.4 Å². The number of hydrogen-bond acceptors (Lipinski definition) is 5. The first kappa shape index (κ1) is 21.7. The average Bonchev–Trinajstić information content (AvgIpc) is 2.80. The molecule has 1 aliphatic carbocycles. The smallest absolute Gasteiger partial charge is 0.191 e. The highest BCUT2D eigenvalue weighted by Crippen LogP contribution is 2.34. The minimum atomic E-state index is 0.206. The second kappa shape index (κ2) is 10.7. The lowest BCUT2D eigenvalue weighted by molar-refractivity contribution is -0.0352. The summed E-state index contributed by atoms with van der Waals surface area (Å²) >= 11 is 0.